The van der Waals surface area contributed by atoms with Crippen LogP contribution in [0.1, 0.15) is 38.3 Å². The van der Waals surface area contributed by atoms with Crippen LogP contribution in [-0.2, 0) is 0 Å². The summed E-state index contributed by atoms with van der Waals surface area (Å²) in [5.41, 5.74) is 1.99. The summed E-state index contributed by atoms with van der Waals surface area (Å²) in [7, 11) is 0. The first-order valence-electron chi connectivity index (χ1n) is 9.65. The lowest BCUT2D eigenvalue weighted by Crippen LogP contribution is -2.39. The maximum Gasteiger partial charge on any atom is 0.216 e. The average Bonchev–Trinajstić information content (AvgIpc) is 2.72. The molecule has 6 nitrogen and oxygen atoms in total. The van der Waals surface area contributed by atoms with E-state index < -0.39 is 0 Å². The van der Waals surface area contributed by atoms with Crippen molar-refractivity contribution in [1.29, 1.82) is 5.26 Å². The Morgan fingerprint density at radius 3 is 2.64 bits per heavy atom. The molecule has 6 heteroatoms. The molecule has 2 aromatic rings. The number of piperidine rings is 1. The molecule has 2 heterocycles. The van der Waals surface area contributed by atoms with Gasteiger partial charge >= 0.3 is 0 Å². The third-order valence-electron chi connectivity index (χ3n) is 4.73. The number of rotatable bonds is 7. The lowest BCUT2D eigenvalue weighted by Gasteiger charge is -2.35. The van der Waals surface area contributed by atoms with Crippen molar-refractivity contribution in [2.75, 3.05) is 13.1 Å². The summed E-state index contributed by atoms with van der Waals surface area (Å²) in [6.07, 6.45) is 4.62. The van der Waals surface area contributed by atoms with E-state index in [0.717, 1.165) is 48.8 Å². The molecule has 0 N–H and O–H groups in total. The topological polar surface area (TPSA) is 71.3 Å². The van der Waals surface area contributed by atoms with Gasteiger partial charge < -0.3 is 14.4 Å². The molecule has 28 heavy (non-hydrogen) atoms. The minimum atomic E-state index is 0.128. The lowest BCUT2D eigenvalue weighted by molar-refractivity contribution is 0.0889. The highest BCUT2D eigenvalue weighted by Crippen LogP contribution is 2.25. The normalized spacial score (nSPS) is 15.5. The molecule has 146 valence electrons. The van der Waals surface area contributed by atoms with Crippen LogP contribution < -0.4 is 9.47 Å². The van der Waals surface area contributed by atoms with Gasteiger partial charge in [-0.25, -0.2) is 9.97 Å². The maximum atomic E-state index is 8.94. The Kier molecular flexibility index (Phi) is 6.85. The lowest BCUT2D eigenvalue weighted by atomic mass is 10.1. The first kappa shape index (κ1) is 19.7. The molecule has 0 radical (unpaired) electrons. The Bertz CT molecular complexity index is 837. The number of hydrogen-bond donors (Lipinski definition) is 0. The van der Waals surface area contributed by atoms with E-state index in [1.165, 1.54) is 6.33 Å². The van der Waals surface area contributed by atoms with Crippen molar-refractivity contribution >= 4 is 0 Å². The summed E-state index contributed by atoms with van der Waals surface area (Å²) < 4.78 is 12.2. The highest BCUT2D eigenvalue weighted by molar-refractivity contribution is 5.24. The van der Waals surface area contributed by atoms with Crippen LogP contribution >= 0.6 is 0 Å². The van der Waals surface area contributed by atoms with Crippen LogP contribution in [0.2, 0.25) is 0 Å². The second-order valence-electron chi connectivity index (χ2n) is 6.96. The largest absolute Gasteiger partial charge is 0.474 e. The Balaban J connectivity index is 1.66. The Hall–Kier alpha value is -3.07. The molecule has 0 unspecified atom stereocenters. The summed E-state index contributed by atoms with van der Waals surface area (Å²) in [4.78, 5) is 10.6. The average molecular weight is 378 g/mol. The third kappa shape index (κ3) is 5.46. The number of allylic oxidation sites excluding steroid dienone is 1. The number of aryl methyl sites for hydroxylation is 1. The molecule has 0 aliphatic carbocycles. The van der Waals surface area contributed by atoms with Gasteiger partial charge in [-0.3, -0.25) is 0 Å². The molecule has 0 bridgehead atoms. The van der Waals surface area contributed by atoms with E-state index in [-0.39, 0.29) is 6.10 Å². The standard InChI is InChI=1S/C22H26N4O2/c1-17(7-6-12-23)22(28-19-8-4-3-5-9-19)26-13-10-20(11-14-26)27-21-15-18(2)24-16-25-21/h3-5,8-9,15-16,20H,6-7,10-11,13-14H2,1-2H3. The monoisotopic (exact) mass is 378 g/mol. The molecule has 1 fully saturated rings. The molecule has 1 saturated heterocycles. The zero-order chi connectivity index (χ0) is 19.8. The van der Waals surface area contributed by atoms with Gasteiger partial charge in [-0.1, -0.05) is 18.2 Å². The summed E-state index contributed by atoms with van der Waals surface area (Å²) in [6.45, 7) is 5.64. The Morgan fingerprint density at radius 2 is 1.96 bits per heavy atom. The second kappa shape index (κ2) is 9.75. The van der Waals surface area contributed by atoms with Gasteiger partial charge in [-0.15, -0.1) is 0 Å². The number of aromatic nitrogens is 2. The predicted molar refractivity (Wildman–Crippen MR) is 107 cm³/mol. The zero-order valence-electron chi connectivity index (χ0n) is 16.5. The van der Waals surface area contributed by atoms with E-state index >= 15 is 0 Å². The van der Waals surface area contributed by atoms with Crippen molar-refractivity contribution in [3.63, 3.8) is 0 Å². The van der Waals surface area contributed by atoms with Crippen LogP contribution in [0.4, 0.5) is 0 Å². The van der Waals surface area contributed by atoms with Crippen LogP contribution in [0.25, 0.3) is 0 Å². The van der Waals surface area contributed by atoms with Crippen molar-refractivity contribution in [2.24, 2.45) is 0 Å². The molecule has 1 aromatic carbocycles. The van der Waals surface area contributed by atoms with Gasteiger partial charge in [0.25, 0.3) is 0 Å². The van der Waals surface area contributed by atoms with Crippen LogP contribution in [0.5, 0.6) is 11.6 Å². The molecule has 1 aliphatic rings. The zero-order valence-corrected chi connectivity index (χ0v) is 16.5. The van der Waals surface area contributed by atoms with E-state index in [1.807, 2.05) is 50.2 Å². The quantitative estimate of drug-likeness (QED) is 0.671. The summed E-state index contributed by atoms with van der Waals surface area (Å²) >= 11 is 0. The number of benzene rings is 1. The minimum Gasteiger partial charge on any atom is -0.474 e. The number of ether oxygens (including phenoxy) is 2. The van der Waals surface area contributed by atoms with E-state index in [2.05, 4.69) is 20.9 Å². The molecule has 0 amide bonds. The van der Waals surface area contributed by atoms with Crippen LogP contribution in [0.3, 0.4) is 0 Å². The highest BCUT2D eigenvalue weighted by atomic mass is 16.5. The fraction of sp³-hybridized carbons (Fsp3) is 0.409. The molecule has 0 spiro atoms. The van der Waals surface area contributed by atoms with E-state index in [4.69, 9.17) is 14.7 Å². The molecule has 0 saturated carbocycles. The van der Waals surface area contributed by atoms with Crippen molar-refractivity contribution in [3.8, 4) is 17.7 Å². The Morgan fingerprint density at radius 1 is 1.21 bits per heavy atom. The van der Waals surface area contributed by atoms with Crippen molar-refractivity contribution in [2.45, 2.75) is 45.6 Å². The number of likely N-dealkylation sites (tertiary alicyclic amines) is 1. The Labute approximate surface area is 166 Å². The fourth-order valence-corrected chi connectivity index (χ4v) is 3.21. The van der Waals surface area contributed by atoms with Crippen molar-refractivity contribution < 1.29 is 9.47 Å². The summed E-state index contributed by atoms with van der Waals surface area (Å²) in [5, 5.41) is 8.94. The van der Waals surface area contributed by atoms with Gasteiger partial charge in [0.15, 0.2) is 5.88 Å². The highest BCUT2D eigenvalue weighted by Gasteiger charge is 2.25. The SMILES string of the molecule is CC(CCC#N)=C(Oc1ccccc1)N1CCC(Oc2cc(C)ncn2)CC1. The van der Waals surface area contributed by atoms with Gasteiger partial charge in [0.1, 0.15) is 18.2 Å². The van der Waals surface area contributed by atoms with Crippen molar-refractivity contribution in [1.82, 2.24) is 14.9 Å². The van der Waals surface area contributed by atoms with Crippen molar-refractivity contribution in [3.05, 3.63) is 59.9 Å². The van der Waals surface area contributed by atoms with E-state index in [1.54, 1.807) is 0 Å². The van der Waals surface area contributed by atoms with Crippen LogP contribution in [0, 0.1) is 18.3 Å². The number of hydrogen-bond acceptors (Lipinski definition) is 6. The molecule has 0 atom stereocenters. The van der Waals surface area contributed by atoms with E-state index in [0.29, 0.717) is 18.7 Å². The molecule has 1 aromatic heterocycles. The first-order chi connectivity index (χ1) is 13.7. The van der Waals surface area contributed by atoms with E-state index in [9.17, 15) is 0 Å². The number of para-hydroxylation sites is 1. The van der Waals surface area contributed by atoms with Gasteiger partial charge in [0.2, 0.25) is 5.88 Å². The summed E-state index contributed by atoms with van der Waals surface area (Å²) in [6, 6.07) is 13.9. The van der Waals surface area contributed by atoms with Gasteiger partial charge in [0.05, 0.1) is 6.07 Å². The third-order valence-corrected chi connectivity index (χ3v) is 4.73. The molecular formula is C22H26N4O2. The van der Waals surface area contributed by atoms with Gasteiger partial charge in [-0.2, -0.15) is 5.26 Å². The summed E-state index contributed by atoms with van der Waals surface area (Å²) in [5.74, 6) is 2.30. The number of nitrogens with zero attached hydrogens (tertiary/aromatic N) is 4. The molecular weight excluding hydrogens is 352 g/mol. The molecule has 1 aliphatic heterocycles. The van der Waals surface area contributed by atoms with Gasteiger partial charge in [0, 0.05) is 44.1 Å². The fourth-order valence-electron chi connectivity index (χ4n) is 3.21. The van der Waals surface area contributed by atoms with Crippen LogP contribution in [0.15, 0.2) is 54.2 Å². The second-order valence-corrected chi connectivity index (χ2v) is 6.96. The predicted octanol–water partition coefficient (Wildman–Crippen LogP) is 4.24. The first-order valence-corrected chi connectivity index (χ1v) is 9.65. The maximum absolute atomic E-state index is 8.94. The van der Waals surface area contributed by atoms with Gasteiger partial charge in [-0.05, 0) is 38.0 Å². The molecule has 3 rings (SSSR count). The smallest absolute Gasteiger partial charge is 0.216 e. The van der Waals surface area contributed by atoms with Crippen LogP contribution in [-0.4, -0.2) is 34.1 Å². The minimum absolute atomic E-state index is 0.128. The number of nitriles is 1.